The summed E-state index contributed by atoms with van der Waals surface area (Å²) in [5.41, 5.74) is 1.16. The number of nitrogens with zero attached hydrogens (tertiary/aromatic N) is 2. The van der Waals surface area contributed by atoms with Crippen molar-refractivity contribution in [3.8, 4) is 0 Å². The van der Waals surface area contributed by atoms with E-state index >= 15 is 0 Å². The minimum absolute atomic E-state index is 0.0572. The minimum Gasteiger partial charge on any atom is -0.450 e. The van der Waals surface area contributed by atoms with E-state index in [1.54, 1.807) is 6.92 Å². The molecule has 2 amide bonds. The van der Waals surface area contributed by atoms with Gasteiger partial charge in [0.15, 0.2) is 0 Å². The zero-order valence-electron chi connectivity index (χ0n) is 12.0. The van der Waals surface area contributed by atoms with Crippen LogP contribution in [-0.2, 0) is 16.1 Å². The highest BCUT2D eigenvalue weighted by Gasteiger charge is 2.26. The second-order valence-corrected chi connectivity index (χ2v) is 4.79. The zero-order valence-corrected chi connectivity index (χ0v) is 12.0. The molecule has 2 heterocycles. The quantitative estimate of drug-likeness (QED) is 0.909. The van der Waals surface area contributed by atoms with Gasteiger partial charge in [0.05, 0.1) is 12.6 Å². The van der Waals surface area contributed by atoms with Gasteiger partial charge >= 0.3 is 6.09 Å². The number of alkyl carbamates (subject to hydrolysis) is 1. The molecule has 1 N–H and O–H groups in total. The number of carbonyl (C=O) groups is 2. The SMILES string of the molecule is CCOC(=O)NCCC(=O)N1CCn2cccc2[C@H]1C. The van der Waals surface area contributed by atoms with E-state index in [1.807, 2.05) is 30.2 Å². The average Bonchev–Trinajstić information content (AvgIpc) is 2.88. The molecule has 1 atom stereocenters. The lowest BCUT2D eigenvalue weighted by molar-refractivity contribution is -0.134. The first-order valence-corrected chi connectivity index (χ1v) is 6.98. The van der Waals surface area contributed by atoms with Crippen molar-refractivity contribution >= 4 is 12.0 Å². The molecule has 0 spiro atoms. The van der Waals surface area contributed by atoms with E-state index in [0.29, 0.717) is 26.1 Å². The van der Waals surface area contributed by atoms with Crippen molar-refractivity contribution < 1.29 is 14.3 Å². The maximum Gasteiger partial charge on any atom is 0.407 e. The van der Waals surface area contributed by atoms with Gasteiger partial charge in [0.1, 0.15) is 0 Å². The van der Waals surface area contributed by atoms with E-state index in [-0.39, 0.29) is 11.9 Å². The van der Waals surface area contributed by atoms with Gasteiger partial charge in [0.2, 0.25) is 5.91 Å². The predicted molar refractivity (Wildman–Crippen MR) is 74.2 cm³/mol. The Labute approximate surface area is 118 Å². The van der Waals surface area contributed by atoms with Gasteiger partial charge < -0.3 is 19.5 Å². The lowest BCUT2D eigenvalue weighted by Gasteiger charge is -2.35. The van der Waals surface area contributed by atoms with E-state index in [9.17, 15) is 9.59 Å². The molecule has 0 fully saturated rings. The van der Waals surface area contributed by atoms with Crippen molar-refractivity contribution in [2.45, 2.75) is 32.9 Å². The Hall–Kier alpha value is -1.98. The number of aromatic nitrogens is 1. The summed E-state index contributed by atoms with van der Waals surface area (Å²) in [6.07, 6.45) is 1.86. The number of amides is 2. The predicted octanol–water partition coefficient (Wildman–Crippen LogP) is 1.53. The molecule has 0 aromatic carbocycles. The second-order valence-electron chi connectivity index (χ2n) is 4.79. The van der Waals surface area contributed by atoms with E-state index in [1.165, 1.54) is 0 Å². The Kier molecular flexibility index (Phi) is 4.65. The molecule has 110 valence electrons. The summed E-state index contributed by atoms with van der Waals surface area (Å²) in [4.78, 5) is 25.2. The third-order valence-electron chi connectivity index (χ3n) is 3.55. The fourth-order valence-electron chi connectivity index (χ4n) is 2.52. The van der Waals surface area contributed by atoms with Gasteiger partial charge in [-0.2, -0.15) is 0 Å². The van der Waals surface area contributed by atoms with Crippen molar-refractivity contribution in [2.75, 3.05) is 19.7 Å². The van der Waals surface area contributed by atoms with Gasteiger partial charge in [0.25, 0.3) is 0 Å². The first-order valence-electron chi connectivity index (χ1n) is 6.98. The van der Waals surface area contributed by atoms with Crippen LogP contribution in [0.4, 0.5) is 4.79 Å². The van der Waals surface area contributed by atoms with Crippen LogP contribution in [0, 0.1) is 0 Å². The largest absolute Gasteiger partial charge is 0.450 e. The Bertz CT molecular complexity index is 484. The number of hydrogen-bond donors (Lipinski definition) is 1. The van der Waals surface area contributed by atoms with Gasteiger partial charge in [0, 0.05) is 37.9 Å². The lowest BCUT2D eigenvalue weighted by Crippen LogP contribution is -2.42. The summed E-state index contributed by atoms with van der Waals surface area (Å²) < 4.78 is 6.92. The highest BCUT2D eigenvalue weighted by atomic mass is 16.5. The van der Waals surface area contributed by atoms with Crippen LogP contribution in [0.3, 0.4) is 0 Å². The van der Waals surface area contributed by atoms with E-state index in [0.717, 1.165) is 12.2 Å². The summed E-state index contributed by atoms with van der Waals surface area (Å²) >= 11 is 0. The summed E-state index contributed by atoms with van der Waals surface area (Å²) in [7, 11) is 0. The van der Waals surface area contributed by atoms with Crippen LogP contribution in [0.1, 0.15) is 32.0 Å². The first-order chi connectivity index (χ1) is 9.63. The third-order valence-corrected chi connectivity index (χ3v) is 3.55. The Morgan fingerprint density at radius 2 is 2.25 bits per heavy atom. The summed E-state index contributed by atoms with van der Waals surface area (Å²) in [6, 6.07) is 4.12. The van der Waals surface area contributed by atoms with E-state index < -0.39 is 6.09 Å². The standard InChI is InChI=1S/C14H21N3O3/c1-3-20-14(19)15-7-6-13(18)17-10-9-16-8-4-5-12(16)11(17)2/h4-5,8,11H,3,6-7,9-10H2,1-2H3,(H,15,19)/t11-/m1/s1. The Balaban J connectivity index is 1.83. The topological polar surface area (TPSA) is 63.6 Å². The maximum atomic E-state index is 12.2. The molecule has 0 unspecified atom stereocenters. The summed E-state index contributed by atoms with van der Waals surface area (Å²) in [5.74, 6) is 0.0572. The van der Waals surface area contributed by atoms with Crippen molar-refractivity contribution in [3.05, 3.63) is 24.0 Å². The summed E-state index contributed by atoms with van der Waals surface area (Å²) in [5, 5.41) is 2.57. The molecule has 0 radical (unpaired) electrons. The fourth-order valence-corrected chi connectivity index (χ4v) is 2.52. The van der Waals surface area contributed by atoms with Crippen LogP contribution < -0.4 is 5.32 Å². The van der Waals surface area contributed by atoms with Gasteiger partial charge in [-0.3, -0.25) is 4.79 Å². The average molecular weight is 279 g/mol. The van der Waals surface area contributed by atoms with Crippen LogP contribution in [-0.4, -0.2) is 41.2 Å². The number of nitrogens with one attached hydrogen (secondary N) is 1. The molecule has 1 aromatic heterocycles. The molecule has 2 rings (SSSR count). The van der Waals surface area contributed by atoms with Crippen molar-refractivity contribution in [3.63, 3.8) is 0 Å². The fraction of sp³-hybridized carbons (Fsp3) is 0.571. The van der Waals surface area contributed by atoms with Crippen LogP contribution in [0.5, 0.6) is 0 Å². The van der Waals surface area contributed by atoms with Gasteiger partial charge in [-0.05, 0) is 26.0 Å². The highest BCUT2D eigenvalue weighted by Crippen LogP contribution is 2.25. The zero-order chi connectivity index (χ0) is 14.5. The molecule has 1 aromatic rings. The van der Waals surface area contributed by atoms with Crippen LogP contribution in [0.2, 0.25) is 0 Å². The first kappa shape index (κ1) is 14.4. The smallest absolute Gasteiger partial charge is 0.407 e. The Morgan fingerprint density at radius 3 is 3.00 bits per heavy atom. The van der Waals surface area contributed by atoms with Gasteiger partial charge in [-0.25, -0.2) is 4.79 Å². The molecular weight excluding hydrogens is 258 g/mol. The normalized spacial score (nSPS) is 17.5. The second kappa shape index (κ2) is 6.45. The number of fused-ring (bicyclic) bond motifs is 1. The van der Waals surface area contributed by atoms with Crippen molar-refractivity contribution in [1.29, 1.82) is 0 Å². The van der Waals surface area contributed by atoms with Crippen molar-refractivity contribution in [1.82, 2.24) is 14.8 Å². The molecule has 6 nitrogen and oxygen atoms in total. The monoisotopic (exact) mass is 279 g/mol. The Morgan fingerprint density at radius 1 is 1.45 bits per heavy atom. The van der Waals surface area contributed by atoms with Crippen molar-refractivity contribution in [2.24, 2.45) is 0 Å². The molecule has 20 heavy (non-hydrogen) atoms. The van der Waals surface area contributed by atoms with Gasteiger partial charge in [-0.15, -0.1) is 0 Å². The number of ether oxygens (including phenoxy) is 1. The van der Waals surface area contributed by atoms with E-state index in [4.69, 9.17) is 4.74 Å². The summed E-state index contributed by atoms with van der Waals surface area (Å²) in [6.45, 7) is 5.95. The number of hydrogen-bond acceptors (Lipinski definition) is 3. The minimum atomic E-state index is -0.471. The molecule has 0 saturated carbocycles. The molecule has 0 aliphatic carbocycles. The lowest BCUT2D eigenvalue weighted by atomic mass is 10.1. The maximum absolute atomic E-state index is 12.2. The molecule has 0 bridgehead atoms. The molecule has 0 saturated heterocycles. The molecule has 6 heteroatoms. The molecular formula is C14H21N3O3. The number of rotatable bonds is 4. The molecule has 1 aliphatic rings. The van der Waals surface area contributed by atoms with E-state index in [2.05, 4.69) is 9.88 Å². The number of carbonyl (C=O) groups excluding carboxylic acids is 2. The van der Waals surface area contributed by atoms with Crippen LogP contribution >= 0.6 is 0 Å². The highest BCUT2D eigenvalue weighted by molar-refractivity contribution is 5.77. The van der Waals surface area contributed by atoms with Gasteiger partial charge in [-0.1, -0.05) is 0 Å². The third kappa shape index (κ3) is 3.12. The molecule has 1 aliphatic heterocycles. The van der Waals surface area contributed by atoms with Crippen LogP contribution in [0.25, 0.3) is 0 Å². The van der Waals surface area contributed by atoms with Crippen LogP contribution in [0.15, 0.2) is 18.3 Å².